The Labute approximate surface area is 114 Å². The Bertz CT molecular complexity index is 572. The second-order valence-corrected chi connectivity index (χ2v) is 4.82. The van der Waals surface area contributed by atoms with Gasteiger partial charge in [0.15, 0.2) is 0 Å². The normalized spacial score (nSPS) is 10.2. The van der Waals surface area contributed by atoms with Crippen LogP contribution in [0.3, 0.4) is 0 Å². The van der Waals surface area contributed by atoms with Crippen LogP contribution in [0.5, 0.6) is 5.75 Å². The van der Waals surface area contributed by atoms with Crippen molar-refractivity contribution >= 4 is 33.1 Å². The smallest absolute Gasteiger partial charge is 0.142 e. The third-order valence-electron chi connectivity index (χ3n) is 2.51. The van der Waals surface area contributed by atoms with Crippen LogP contribution in [0, 0.1) is 6.92 Å². The molecule has 0 aliphatic carbocycles. The van der Waals surface area contributed by atoms with E-state index >= 15 is 0 Å². The summed E-state index contributed by atoms with van der Waals surface area (Å²) in [6.07, 6.45) is 1.62. The highest BCUT2D eigenvalue weighted by atomic mass is 79.9. The average Bonchev–Trinajstić information content (AvgIpc) is 2.33. The molecule has 0 aliphatic heterocycles. The first-order chi connectivity index (χ1) is 8.60. The number of nitrogens with one attached hydrogen (secondary N) is 1. The second-order valence-electron chi connectivity index (χ2n) is 3.90. The Balaban J connectivity index is 2.36. The van der Waals surface area contributed by atoms with Gasteiger partial charge in [-0.15, -0.1) is 0 Å². The highest BCUT2D eigenvalue weighted by Crippen LogP contribution is 2.31. The van der Waals surface area contributed by atoms with Gasteiger partial charge in [-0.25, -0.2) is 4.98 Å². The number of methoxy groups -OCH3 is 1. The van der Waals surface area contributed by atoms with Gasteiger partial charge in [0.25, 0.3) is 0 Å². The Morgan fingerprint density at radius 2 is 2.11 bits per heavy atom. The van der Waals surface area contributed by atoms with E-state index < -0.39 is 0 Å². The van der Waals surface area contributed by atoms with Crippen molar-refractivity contribution in [3.05, 3.63) is 40.5 Å². The Morgan fingerprint density at radius 3 is 2.78 bits per heavy atom. The van der Waals surface area contributed by atoms with Gasteiger partial charge >= 0.3 is 0 Å². The third kappa shape index (κ3) is 2.73. The highest BCUT2D eigenvalue weighted by Gasteiger charge is 2.06. The number of aryl methyl sites for hydroxylation is 1. The molecule has 0 atom stereocenters. The molecule has 94 valence electrons. The van der Waals surface area contributed by atoms with Crippen LogP contribution in [-0.2, 0) is 0 Å². The van der Waals surface area contributed by atoms with Gasteiger partial charge in [0, 0.05) is 4.47 Å². The number of hydrogen-bond acceptors (Lipinski definition) is 4. The summed E-state index contributed by atoms with van der Waals surface area (Å²) < 4.78 is 6.27. The first-order valence-corrected chi connectivity index (χ1v) is 6.22. The van der Waals surface area contributed by atoms with Gasteiger partial charge in [-0.1, -0.05) is 15.9 Å². The van der Waals surface area contributed by atoms with Crippen LogP contribution in [0.4, 0.5) is 17.2 Å². The maximum atomic E-state index is 5.68. The molecule has 18 heavy (non-hydrogen) atoms. The average molecular weight is 308 g/mol. The van der Waals surface area contributed by atoms with Crippen molar-refractivity contribution in [2.45, 2.75) is 6.92 Å². The topological polar surface area (TPSA) is 60.2 Å². The van der Waals surface area contributed by atoms with E-state index in [1.807, 2.05) is 31.2 Å². The van der Waals surface area contributed by atoms with E-state index in [0.29, 0.717) is 5.69 Å². The maximum absolute atomic E-state index is 5.68. The van der Waals surface area contributed by atoms with Crippen LogP contribution >= 0.6 is 15.9 Å². The summed E-state index contributed by atoms with van der Waals surface area (Å²) in [6.45, 7) is 1.95. The first kappa shape index (κ1) is 12.7. The number of benzene rings is 1. The van der Waals surface area contributed by atoms with E-state index in [1.165, 1.54) is 0 Å². The van der Waals surface area contributed by atoms with Crippen molar-refractivity contribution in [1.82, 2.24) is 4.98 Å². The second kappa shape index (κ2) is 5.27. The fourth-order valence-electron chi connectivity index (χ4n) is 1.63. The third-order valence-corrected chi connectivity index (χ3v) is 3.01. The summed E-state index contributed by atoms with van der Waals surface area (Å²) in [4.78, 5) is 4.27. The van der Waals surface area contributed by atoms with Crippen LogP contribution in [0.1, 0.15) is 5.56 Å². The Morgan fingerprint density at radius 1 is 1.33 bits per heavy atom. The molecule has 0 fully saturated rings. The van der Waals surface area contributed by atoms with Crippen LogP contribution in [-0.4, -0.2) is 12.1 Å². The van der Waals surface area contributed by atoms with Crippen molar-refractivity contribution in [3.8, 4) is 5.75 Å². The molecule has 0 radical (unpaired) electrons. The van der Waals surface area contributed by atoms with E-state index in [4.69, 9.17) is 10.5 Å². The lowest BCUT2D eigenvalue weighted by Crippen LogP contribution is -2.00. The molecule has 4 nitrogen and oxygen atoms in total. The summed E-state index contributed by atoms with van der Waals surface area (Å²) in [5.74, 6) is 1.52. The lowest BCUT2D eigenvalue weighted by Gasteiger charge is -2.12. The van der Waals surface area contributed by atoms with E-state index in [-0.39, 0.29) is 0 Å². The van der Waals surface area contributed by atoms with Crippen LogP contribution in [0.15, 0.2) is 34.9 Å². The zero-order valence-electron chi connectivity index (χ0n) is 10.2. The van der Waals surface area contributed by atoms with Crippen molar-refractivity contribution in [1.29, 1.82) is 0 Å². The number of nitrogen functional groups attached to an aromatic ring is 1. The zero-order chi connectivity index (χ0) is 13.1. The maximum Gasteiger partial charge on any atom is 0.142 e. The molecule has 0 aliphatic rings. The van der Waals surface area contributed by atoms with Crippen molar-refractivity contribution < 1.29 is 4.74 Å². The van der Waals surface area contributed by atoms with Crippen LogP contribution < -0.4 is 15.8 Å². The van der Waals surface area contributed by atoms with Gasteiger partial charge < -0.3 is 15.8 Å². The number of hydrogen-bond donors (Lipinski definition) is 2. The van der Waals surface area contributed by atoms with E-state index in [2.05, 4.69) is 26.2 Å². The fraction of sp³-hybridized carbons (Fsp3) is 0.154. The molecule has 0 saturated carbocycles. The fourth-order valence-corrected chi connectivity index (χ4v) is 1.99. The number of halogens is 1. The summed E-state index contributed by atoms with van der Waals surface area (Å²) >= 11 is 3.43. The molecule has 0 bridgehead atoms. The molecule has 0 saturated heterocycles. The number of anilines is 3. The van der Waals surface area contributed by atoms with Crippen LogP contribution in [0.25, 0.3) is 0 Å². The van der Waals surface area contributed by atoms with E-state index in [1.54, 1.807) is 13.3 Å². The SMILES string of the molecule is COc1ccc(Br)cc1Nc1ncc(N)cc1C. The summed E-state index contributed by atoms with van der Waals surface area (Å²) in [7, 11) is 1.64. The molecule has 1 aromatic carbocycles. The van der Waals surface area contributed by atoms with E-state index in [0.717, 1.165) is 27.3 Å². The molecular formula is C13H14BrN3O. The molecule has 1 aromatic heterocycles. The van der Waals surface area contributed by atoms with Gasteiger partial charge in [-0.3, -0.25) is 0 Å². The quantitative estimate of drug-likeness (QED) is 0.911. The molecule has 2 rings (SSSR count). The molecule has 0 amide bonds. The van der Waals surface area contributed by atoms with Gasteiger partial charge in [0.2, 0.25) is 0 Å². The molecule has 3 N–H and O–H groups in total. The Kier molecular flexibility index (Phi) is 3.72. The minimum Gasteiger partial charge on any atom is -0.495 e. The van der Waals surface area contributed by atoms with Crippen molar-refractivity contribution in [2.75, 3.05) is 18.2 Å². The first-order valence-electron chi connectivity index (χ1n) is 5.43. The molecule has 2 aromatic rings. The molecular weight excluding hydrogens is 294 g/mol. The minimum absolute atomic E-state index is 0.652. The molecule has 5 heteroatoms. The predicted octanol–water partition coefficient (Wildman–Crippen LogP) is 3.49. The largest absolute Gasteiger partial charge is 0.495 e. The molecule has 0 spiro atoms. The molecule has 1 heterocycles. The number of aromatic nitrogens is 1. The Hall–Kier alpha value is -1.75. The zero-order valence-corrected chi connectivity index (χ0v) is 11.8. The van der Waals surface area contributed by atoms with E-state index in [9.17, 15) is 0 Å². The number of nitrogens with zero attached hydrogens (tertiary/aromatic N) is 1. The predicted molar refractivity (Wildman–Crippen MR) is 77.4 cm³/mol. The number of nitrogens with two attached hydrogens (primary N) is 1. The number of pyridine rings is 1. The van der Waals surface area contributed by atoms with Crippen molar-refractivity contribution in [3.63, 3.8) is 0 Å². The van der Waals surface area contributed by atoms with Gasteiger partial charge in [-0.05, 0) is 36.8 Å². The summed E-state index contributed by atoms with van der Waals surface area (Å²) in [5, 5.41) is 3.24. The lowest BCUT2D eigenvalue weighted by atomic mass is 10.2. The number of ether oxygens (including phenoxy) is 1. The monoisotopic (exact) mass is 307 g/mol. The molecule has 0 unspecified atom stereocenters. The lowest BCUT2D eigenvalue weighted by molar-refractivity contribution is 0.416. The summed E-state index contributed by atoms with van der Waals surface area (Å²) in [6, 6.07) is 7.63. The standard InChI is InChI=1S/C13H14BrN3O/c1-8-5-10(15)7-16-13(8)17-11-6-9(14)3-4-12(11)18-2/h3-7H,15H2,1-2H3,(H,16,17). The summed E-state index contributed by atoms with van der Waals surface area (Å²) in [5.41, 5.74) is 8.17. The minimum atomic E-state index is 0.652. The highest BCUT2D eigenvalue weighted by molar-refractivity contribution is 9.10. The van der Waals surface area contributed by atoms with Crippen LogP contribution in [0.2, 0.25) is 0 Å². The van der Waals surface area contributed by atoms with Gasteiger partial charge in [0.05, 0.1) is 24.7 Å². The van der Waals surface area contributed by atoms with Gasteiger partial charge in [0.1, 0.15) is 11.6 Å². The van der Waals surface area contributed by atoms with Crippen molar-refractivity contribution in [2.24, 2.45) is 0 Å². The number of rotatable bonds is 3. The van der Waals surface area contributed by atoms with Gasteiger partial charge in [-0.2, -0.15) is 0 Å².